The lowest BCUT2D eigenvalue weighted by Crippen LogP contribution is -2.51. The Hall–Kier alpha value is -1.93. The molecule has 0 aliphatic carbocycles. The first-order valence-corrected chi connectivity index (χ1v) is 10.0. The van der Waals surface area contributed by atoms with Crippen LogP contribution >= 0.6 is 0 Å². The molecule has 1 aromatic rings. The standard InChI is InChI=1S/C17H23NO6S/c19-15(18-10-8-17(22,9-11-18)16(20)21)13-25(23,24)12-4-7-14-5-2-1-3-6-14/h1-3,5-6,22H,4,7-13H2,(H,20,21). The normalized spacial score (nSPS) is 17.2. The number of carbonyl (C=O) groups excluding carboxylic acids is 1. The highest BCUT2D eigenvalue weighted by atomic mass is 32.2. The van der Waals surface area contributed by atoms with Crippen molar-refractivity contribution < 1.29 is 28.2 Å². The number of hydrogen-bond donors (Lipinski definition) is 2. The first-order chi connectivity index (χ1) is 11.7. The van der Waals surface area contributed by atoms with Crippen LogP contribution in [0.5, 0.6) is 0 Å². The van der Waals surface area contributed by atoms with Gasteiger partial charge in [-0.3, -0.25) is 4.79 Å². The SMILES string of the molecule is O=C(CS(=O)(=O)CCCc1ccccc1)N1CCC(O)(C(=O)O)CC1. The maximum atomic E-state index is 12.1. The van der Waals surface area contributed by atoms with Crippen LogP contribution in [0.3, 0.4) is 0 Å². The quantitative estimate of drug-likeness (QED) is 0.723. The third-order valence-corrected chi connectivity index (χ3v) is 6.05. The maximum absolute atomic E-state index is 12.1. The lowest BCUT2D eigenvalue weighted by molar-refractivity contribution is -0.165. The first-order valence-electron chi connectivity index (χ1n) is 8.20. The summed E-state index contributed by atoms with van der Waals surface area (Å²) in [6.07, 6.45) is 0.881. The maximum Gasteiger partial charge on any atom is 0.335 e. The number of aliphatic carboxylic acids is 1. The molecule has 1 aliphatic heterocycles. The molecule has 138 valence electrons. The van der Waals surface area contributed by atoms with E-state index in [1.165, 1.54) is 4.90 Å². The molecule has 1 amide bonds. The van der Waals surface area contributed by atoms with Gasteiger partial charge in [-0.2, -0.15) is 0 Å². The van der Waals surface area contributed by atoms with Crippen LogP contribution in [-0.4, -0.2) is 65.6 Å². The van der Waals surface area contributed by atoms with Crippen LogP contribution in [0.4, 0.5) is 0 Å². The Kier molecular flexibility index (Phi) is 6.18. The van der Waals surface area contributed by atoms with Crippen LogP contribution < -0.4 is 0 Å². The van der Waals surface area contributed by atoms with E-state index in [2.05, 4.69) is 0 Å². The van der Waals surface area contributed by atoms with Crippen molar-refractivity contribution in [2.45, 2.75) is 31.3 Å². The van der Waals surface area contributed by atoms with E-state index in [9.17, 15) is 23.1 Å². The van der Waals surface area contributed by atoms with Gasteiger partial charge in [-0.15, -0.1) is 0 Å². The largest absolute Gasteiger partial charge is 0.479 e. The fourth-order valence-corrected chi connectivity index (χ4v) is 4.12. The Bertz CT molecular complexity index is 708. The third-order valence-electron chi connectivity index (χ3n) is 4.45. The molecule has 0 radical (unpaired) electrons. The van der Waals surface area contributed by atoms with E-state index in [1.54, 1.807) is 0 Å². The number of likely N-dealkylation sites (tertiary alicyclic amines) is 1. The highest BCUT2D eigenvalue weighted by Crippen LogP contribution is 2.22. The van der Waals surface area contributed by atoms with Crippen LogP contribution in [-0.2, 0) is 25.8 Å². The minimum atomic E-state index is -3.52. The number of hydrogen-bond acceptors (Lipinski definition) is 5. The van der Waals surface area contributed by atoms with E-state index in [-0.39, 0.29) is 31.7 Å². The Morgan fingerprint density at radius 3 is 2.28 bits per heavy atom. The molecular formula is C17H23NO6S. The summed E-state index contributed by atoms with van der Waals surface area (Å²) in [5.41, 5.74) is -0.779. The van der Waals surface area contributed by atoms with Gasteiger partial charge >= 0.3 is 5.97 Å². The lowest BCUT2D eigenvalue weighted by atomic mass is 9.92. The number of rotatable bonds is 7. The minimum Gasteiger partial charge on any atom is -0.479 e. The fourth-order valence-electron chi connectivity index (χ4n) is 2.83. The van der Waals surface area contributed by atoms with E-state index in [4.69, 9.17) is 5.11 Å². The molecule has 0 aromatic heterocycles. The van der Waals surface area contributed by atoms with Gasteiger partial charge in [-0.05, 0) is 18.4 Å². The van der Waals surface area contributed by atoms with Crippen LogP contribution in [0.2, 0.25) is 0 Å². The molecule has 1 heterocycles. The molecule has 0 saturated carbocycles. The van der Waals surface area contributed by atoms with Crippen LogP contribution in [0.1, 0.15) is 24.8 Å². The van der Waals surface area contributed by atoms with Crippen molar-refractivity contribution in [2.75, 3.05) is 24.6 Å². The predicted molar refractivity (Wildman–Crippen MR) is 91.8 cm³/mol. The third kappa shape index (κ3) is 5.54. The molecule has 0 atom stereocenters. The lowest BCUT2D eigenvalue weighted by Gasteiger charge is -2.35. The fraction of sp³-hybridized carbons (Fsp3) is 0.529. The van der Waals surface area contributed by atoms with Gasteiger partial charge in [0.15, 0.2) is 15.4 Å². The molecule has 25 heavy (non-hydrogen) atoms. The smallest absolute Gasteiger partial charge is 0.335 e. The monoisotopic (exact) mass is 369 g/mol. The van der Waals surface area contributed by atoms with Crippen LogP contribution in [0.15, 0.2) is 30.3 Å². The van der Waals surface area contributed by atoms with Gasteiger partial charge < -0.3 is 15.1 Å². The van der Waals surface area contributed by atoms with Crippen LogP contribution in [0.25, 0.3) is 0 Å². The topological polar surface area (TPSA) is 112 Å². The molecule has 1 fully saturated rings. The summed E-state index contributed by atoms with van der Waals surface area (Å²) in [6, 6.07) is 9.53. The molecule has 0 unspecified atom stereocenters. The van der Waals surface area contributed by atoms with Gasteiger partial charge in [0, 0.05) is 25.9 Å². The molecule has 1 aromatic carbocycles. The number of nitrogens with zero attached hydrogens (tertiary/aromatic N) is 1. The molecule has 8 heteroatoms. The van der Waals surface area contributed by atoms with E-state index >= 15 is 0 Å². The zero-order chi connectivity index (χ0) is 18.5. The summed E-state index contributed by atoms with van der Waals surface area (Å²) in [6.45, 7) is 0.0857. The van der Waals surface area contributed by atoms with Crippen molar-refractivity contribution in [1.29, 1.82) is 0 Å². The van der Waals surface area contributed by atoms with Crippen molar-refractivity contribution in [3.63, 3.8) is 0 Å². The number of sulfone groups is 1. The number of benzene rings is 1. The number of aryl methyl sites for hydroxylation is 1. The van der Waals surface area contributed by atoms with Crippen LogP contribution in [0, 0.1) is 0 Å². The van der Waals surface area contributed by atoms with Crippen molar-refractivity contribution >= 4 is 21.7 Å². The van der Waals surface area contributed by atoms with Gasteiger partial charge in [-0.25, -0.2) is 13.2 Å². The van der Waals surface area contributed by atoms with Gasteiger partial charge in [-0.1, -0.05) is 30.3 Å². The summed E-state index contributed by atoms with van der Waals surface area (Å²) in [4.78, 5) is 24.4. The average molecular weight is 369 g/mol. The van der Waals surface area contributed by atoms with Crippen molar-refractivity contribution in [2.24, 2.45) is 0 Å². The second kappa shape index (κ2) is 7.97. The van der Waals surface area contributed by atoms with E-state index in [1.807, 2.05) is 30.3 Å². The second-order valence-electron chi connectivity index (χ2n) is 6.40. The molecule has 2 N–H and O–H groups in total. The zero-order valence-electron chi connectivity index (χ0n) is 13.9. The summed E-state index contributed by atoms with van der Waals surface area (Å²) >= 11 is 0. The molecular weight excluding hydrogens is 346 g/mol. The van der Waals surface area contributed by atoms with Crippen molar-refractivity contribution in [3.05, 3.63) is 35.9 Å². The minimum absolute atomic E-state index is 0.0428. The number of aliphatic hydroxyl groups is 1. The molecule has 1 saturated heterocycles. The summed E-state index contributed by atoms with van der Waals surface area (Å²) in [5.74, 6) is -2.49. The summed E-state index contributed by atoms with van der Waals surface area (Å²) in [5, 5.41) is 18.8. The van der Waals surface area contributed by atoms with E-state index < -0.39 is 33.1 Å². The molecule has 0 bridgehead atoms. The molecule has 0 spiro atoms. The number of carbonyl (C=O) groups is 2. The van der Waals surface area contributed by atoms with Crippen molar-refractivity contribution in [3.8, 4) is 0 Å². The number of carboxylic acids is 1. The van der Waals surface area contributed by atoms with Crippen molar-refractivity contribution in [1.82, 2.24) is 4.90 Å². The van der Waals surface area contributed by atoms with Gasteiger partial charge in [0.05, 0.1) is 5.75 Å². The molecule has 1 aliphatic rings. The molecule has 2 rings (SSSR count). The van der Waals surface area contributed by atoms with Gasteiger partial charge in [0.2, 0.25) is 5.91 Å². The second-order valence-corrected chi connectivity index (χ2v) is 8.58. The average Bonchev–Trinajstić information content (AvgIpc) is 2.55. The Morgan fingerprint density at radius 2 is 1.72 bits per heavy atom. The number of amides is 1. The summed E-state index contributed by atoms with van der Waals surface area (Å²) < 4.78 is 24.2. The van der Waals surface area contributed by atoms with Gasteiger partial charge in [0.1, 0.15) is 5.75 Å². The highest BCUT2D eigenvalue weighted by Gasteiger charge is 2.40. The highest BCUT2D eigenvalue weighted by molar-refractivity contribution is 7.92. The zero-order valence-corrected chi connectivity index (χ0v) is 14.7. The number of piperidine rings is 1. The van der Waals surface area contributed by atoms with Gasteiger partial charge in [0.25, 0.3) is 0 Å². The Labute approximate surface area is 147 Å². The first kappa shape index (κ1) is 19.4. The summed E-state index contributed by atoms with van der Waals surface area (Å²) in [7, 11) is -3.52. The Balaban J connectivity index is 1.80. The number of carboxylic acid groups (broad SMARTS) is 1. The van der Waals surface area contributed by atoms with E-state index in [0.717, 1.165) is 5.56 Å². The molecule has 7 nitrogen and oxygen atoms in total. The Morgan fingerprint density at radius 1 is 1.12 bits per heavy atom. The predicted octanol–water partition coefficient (Wildman–Crippen LogP) is 0.472. The van der Waals surface area contributed by atoms with E-state index in [0.29, 0.717) is 12.8 Å².